The van der Waals surface area contributed by atoms with Gasteiger partial charge in [0.05, 0.1) is 6.04 Å². The molecule has 3 nitrogen and oxygen atoms in total. The summed E-state index contributed by atoms with van der Waals surface area (Å²) >= 11 is 0. The van der Waals surface area contributed by atoms with Gasteiger partial charge in [-0.25, -0.2) is 18.2 Å². The number of nitrogens with two attached hydrogens (primary N) is 1. The third kappa shape index (κ3) is 2.46. The lowest BCUT2D eigenvalue weighted by Gasteiger charge is -2.20. The number of nitrogens with one attached hydrogen (secondary N) is 1. The number of hydrogen-bond acceptors (Lipinski definition) is 3. The Hall–Kier alpha value is -2.08. The van der Waals surface area contributed by atoms with Gasteiger partial charge in [-0.1, -0.05) is 0 Å². The molecule has 1 aromatic heterocycles. The Morgan fingerprint density at radius 1 is 1.20 bits per heavy atom. The smallest absolute Gasteiger partial charge is 0.194 e. The predicted molar refractivity (Wildman–Crippen MR) is 70.6 cm³/mol. The van der Waals surface area contributed by atoms with E-state index in [9.17, 15) is 13.2 Å². The first-order valence-corrected chi connectivity index (χ1v) is 5.98. The van der Waals surface area contributed by atoms with Crippen LogP contribution in [-0.2, 0) is 0 Å². The van der Waals surface area contributed by atoms with E-state index in [2.05, 4.69) is 10.3 Å². The van der Waals surface area contributed by atoms with Crippen molar-refractivity contribution in [3.63, 3.8) is 0 Å². The van der Waals surface area contributed by atoms with E-state index in [1.807, 2.05) is 6.92 Å². The number of rotatable bonds is 3. The molecule has 0 aliphatic rings. The molecule has 6 heteroatoms. The van der Waals surface area contributed by atoms with E-state index in [1.165, 1.54) is 0 Å². The maximum Gasteiger partial charge on any atom is 0.194 e. The molecule has 0 bridgehead atoms. The van der Waals surface area contributed by atoms with Crippen molar-refractivity contribution in [1.82, 2.24) is 10.3 Å². The summed E-state index contributed by atoms with van der Waals surface area (Å²) in [4.78, 5) is 3.97. The first kappa shape index (κ1) is 14.3. The molecular weight excluding hydrogens is 267 g/mol. The predicted octanol–water partition coefficient (Wildman–Crippen LogP) is 2.70. The van der Waals surface area contributed by atoms with E-state index < -0.39 is 23.5 Å². The normalized spacial score (nSPS) is 12.4. The van der Waals surface area contributed by atoms with E-state index in [0.717, 1.165) is 17.7 Å². The van der Waals surface area contributed by atoms with Gasteiger partial charge < -0.3 is 11.1 Å². The molecule has 1 atom stereocenters. The molecule has 0 saturated carbocycles. The maximum absolute atomic E-state index is 13.4. The second-order valence-electron chi connectivity index (χ2n) is 4.45. The molecule has 1 heterocycles. The van der Waals surface area contributed by atoms with Crippen molar-refractivity contribution in [2.75, 3.05) is 12.8 Å². The summed E-state index contributed by atoms with van der Waals surface area (Å²) in [6.07, 6.45) is 1.55. The molecule has 106 valence electrons. The van der Waals surface area contributed by atoms with Gasteiger partial charge >= 0.3 is 0 Å². The average molecular weight is 281 g/mol. The third-order valence-electron chi connectivity index (χ3n) is 3.16. The molecular formula is C14H14F3N3. The van der Waals surface area contributed by atoms with Gasteiger partial charge in [-0.2, -0.15) is 0 Å². The van der Waals surface area contributed by atoms with Crippen LogP contribution in [0.1, 0.15) is 22.7 Å². The van der Waals surface area contributed by atoms with Crippen LogP contribution in [0.3, 0.4) is 0 Å². The van der Waals surface area contributed by atoms with Crippen molar-refractivity contribution in [2.45, 2.75) is 13.0 Å². The highest BCUT2D eigenvalue weighted by Crippen LogP contribution is 2.29. The van der Waals surface area contributed by atoms with Crippen molar-refractivity contribution >= 4 is 5.82 Å². The number of benzene rings is 1. The van der Waals surface area contributed by atoms with E-state index in [1.54, 1.807) is 19.3 Å². The van der Waals surface area contributed by atoms with E-state index in [4.69, 9.17) is 5.73 Å². The van der Waals surface area contributed by atoms with Gasteiger partial charge in [0.15, 0.2) is 17.5 Å². The lowest BCUT2D eigenvalue weighted by Crippen LogP contribution is -2.21. The lowest BCUT2D eigenvalue weighted by atomic mass is 9.95. The summed E-state index contributed by atoms with van der Waals surface area (Å²) in [6.45, 7) is 1.81. The van der Waals surface area contributed by atoms with Gasteiger partial charge in [-0.3, -0.25) is 0 Å². The molecule has 0 amide bonds. The first-order valence-electron chi connectivity index (χ1n) is 5.98. The summed E-state index contributed by atoms with van der Waals surface area (Å²) in [5.41, 5.74) is 7.50. The first-order chi connectivity index (χ1) is 9.45. The Labute approximate surface area is 114 Å². The van der Waals surface area contributed by atoms with Gasteiger partial charge in [0, 0.05) is 11.8 Å². The highest BCUT2D eigenvalue weighted by atomic mass is 19.2. The van der Waals surface area contributed by atoms with Gasteiger partial charge in [0.1, 0.15) is 5.82 Å². The summed E-state index contributed by atoms with van der Waals surface area (Å²) < 4.78 is 39.8. The molecule has 0 saturated heterocycles. The van der Waals surface area contributed by atoms with E-state index in [-0.39, 0.29) is 11.4 Å². The Morgan fingerprint density at radius 2 is 1.80 bits per heavy atom. The molecule has 0 aliphatic carbocycles. The number of aromatic nitrogens is 1. The number of nitrogens with zero attached hydrogens (tertiary/aromatic N) is 1. The second kappa shape index (κ2) is 5.50. The molecule has 2 rings (SSSR count). The Bertz CT molecular complexity index is 600. The number of hydrogen-bond donors (Lipinski definition) is 2. The molecule has 0 aliphatic heterocycles. The quantitative estimate of drug-likeness (QED) is 0.850. The van der Waals surface area contributed by atoms with Gasteiger partial charge in [0.2, 0.25) is 0 Å². The zero-order valence-electron chi connectivity index (χ0n) is 11.0. The number of aryl methyl sites for hydroxylation is 1. The average Bonchev–Trinajstić information content (AvgIpc) is 2.40. The maximum atomic E-state index is 13.4. The minimum absolute atomic E-state index is 0.242. The monoisotopic (exact) mass is 281 g/mol. The van der Waals surface area contributed by atoms with E-state index in [0.29, 0.717) is 5.56 Å². The highest BCUT2D eigenvalue weighted by molar-refractivity contribution is 5.50. The Morgan fingerprint density at radius 3 is 2.30 bits per heavy atom. The second-order valence-corrected chi connectivity index (χ2v) is 4.45. The minimum Gasteiger partial charge on any atom is -0.383 e. The number of halogens is 3. The number of pyridine rings is 1. The summed E-state index contributed by atoms with van der Waals surface area (Å²) in [6, 6.07) is 3.07. The van der Waals surface area contributed by atoms with Crippen LogP contribution in [0, 0.1) is 24.4 Å². The van der Waals surface area contributed by atoms with Crippen LogP contribution >= 0.6 is 0 Å². The molecule has 1 aromatic carbocycles. The number of anilines is 1. The molecule has 0 spiro atoms. The molecule has 0 radical (unpaired) electrons. The highest BCUT2D eigenvalue weighted by Gasteiger charge is 2.21. The number of nitrogen functional groups attached to an aromatic ring is 1. The van der Waals surface area contributed by atoms with E-state index >= 15 is 0 Å². The SMILES string of the molecule is CNC(c1cc(F)c(F)c(F)c1)c1c(C)ccnc1N. The van der Waals surface area contributed by atoms with Crippen molar-refractivity contribution in [2.24, 2.45) is 0 Å². The fourth-order valence-electron chi connectivity index (χ4n) is 2.19. The van der Waals surface area contributed by atoms with Crippen LogP contribution in [0.5, 0.6) is 0 Å². The fraction of sp³-hybridized carbons (Fsp3) is 0.214. The van der Waals surface area contributed by atoms with Crippen LogP contribution < -0.4 is 11.1 Å². The van der Waals surface area contributed by atoms with Crippen LogP contribution in [0.15, 0.2) is 24.4 Å². The van der Waals surface area contributed by atoms with Crippen molar-refractivity contribution in [3.8, 4) is 0 Å². The molecule has 0 fully saturated rings. The van der Waals surface area contributed by atoms with Crippen LogP contribution in [0.4, 0.5) is 19.0 Å². The lowest BCUT2D eigenvalue weighted by molar-refractivity contribution is 0.443. The van der Waals surface area contributed by atoms with Gasteiger partial charge in [-0.15, -0.1) is 0 Å². The largest absolute Gasteiger partial charge is 0.383 e. The summed E-state index contributed by atoms with van der Waals surface area (Å²) in [7, 11) is 1.62. The standard InChI is InChI=1S/C14H14F3N3/c1-7-3-4-20-14(18)11(7)13(19-2)8-5-9(15)12(17)10(16)6-8/h3-6,13,19H,1-2H3,(H2,18,20). The van der Waals surface area contributed by atoms with Crippen molar-refractivity contribution in [3.05, 3.63) is 58.5 Å². The summed E-state index contributed by atoms with van der Waals surface area (Å²) in [5, 5.41) is 2.91. The van der Waals surface area contributed by atoms with Crippen molar-refractivity contribution < 1.29 is 13.2 Å². The minimum atomic E-state index is -1.49. The molecule has 1 unspecified atom stereocenters. The molecule has 20 heavy (non-hydrogen) atoms. The Balaban J connectivity index is 2.59. The topological polar surface area (TPSA) is 50.9 Å². The van der Waals surface area contributed by atoms with Gasteiger partial charge in [0.25, 0.3) is 0 Å². The third-order valence-corrected chi connectivity index (χ3v) is 3.16. The fourth-order valence-corrected chi connectivity index (χ4v) is 2.19. The van der Waals surface area contributed by atoms with Crippen LogP contribution in [0.2, 0.25) is 0 Å². The van der Waals surface area contributed by atoms with Crippen LogP contribution in [0.25, 0.3) is 0 Å². The van der Waals surface area contributed by atoms with Crippen LogP contribution in [-0.4, -0.2) is 12.0 Å². The molecule has 3 N–H and O–H groups in total. The zero-order valence-corrected chi connectivity index (χ0v) is 11.0. The Kier molecular flexibility index (Phi) is 3.94. The molecule has 2 aromatic rings. The van der Waals surface area contributed by atoms with Gasteiger partial charge in [-0.05, 0) is 43.3 Å². The zero-order chi connectivity index (χ0) is 14.9. The summed E-state index contributed by atoms with van der Waals surface area (Å²) in [5.74, 6) is -3.70. The van der Waals surface area contributed by atoms with Crippen molar-refractivity contribution in [1.29, 1.82) is 0 Å².